The summed E-state index contributed by atoms with van der Waals surface area (Å²) in [6.45, 7) is 5.29. The van der Waals surface area contributed by atoms with Crippen molar-refractivity contribution in [3.05, 3.63) is 17.7 Å². The number of aryl methyl sites for hydroxylation is 1. The van der Waals surface area contributed by atoms with Gasteiger partial charge in [0.2, 0.25) is 0 Å². The van der Waals surface area contributed by atoms with Crippen LogP contribution in [0.15, 0.2) is 11.9 Å². The number of aromatic nitrogens is 3. The van der Waals surface area contributed by atoms with Crippen LogP contribution in [-0.2, 0) is 6.54 Å². The molecule has 1 aliphatic rings. The van der Waals surface area contributed by atoms with Crippen molar-refractivity contribution in [3.63, 3.8) is 0 Å². The highest BCUT2D eigenvalue weighted by molar-refractivity contribution is 5.45. The molecule has 0 aliphatic carbocycles. The molecule has 0 amide bonds. The van der Waals surface area contributed by atoms with E-state index in [1.807, 2.05) is 4.68 Å². The number of nitrogens with one attached hydrogen (secondary N) is 1. The van der Waals surface area contributed by atoms with Gasteiger partial charge in [0, 0.05) is 6.54 Å². The lowest BCUT2D eigenvalue weighted by atomic mass is 10.1. The molecule has 0 aromatic carbocycles. The summed E-state index contributed by atoms with van der Waals surface area (Å²) in [5.74, 6) is 1.01. The van der Waals surface area contributed by atoms with E-state index in [1.165, 1.54) is 5.57 Å². The van der Waals surface area contributed by atoms with Gasteiger partial charge in [0.1, 0.15) is 6.33 Å². The van der Waals surface area contributed by atoms with Crippen LogP contribution in [0.5, 0.6) is 0 Å². The molecule has 4 nitrogen and oxygen atoms in total. The zero-order valence-electron chi connectivity index (χ0n) is 9.24. The van der Waals surface area contributed by atoms with Crippen LogP contribution in [0.2, 0.25) is 0 Å². The Morgan fingerprint density at radius 2 is 2.27 bits per heavy atom. The second-order valence-electron chi connectivity index (χ2n) is 3.89. The van der Waals surface area contributed by atoms with Gasteiger partial charge in [-0.2, -0.15) is 5.10 Å². The minimum atomic E-state index is 0.956. The van der Waals surface area contributed by atoms with Gasteiger partial charge in [0.15, 0.2) is 5.82 Å². The molecule has 0 atom stereocenters. The Morgan fingerprint density at radius 1 is 1.47 bits per heavy atom. The lowest BCUT2D eigenvalue weighted by molar-refractivity contribution is 0.591. The third-order valence-corrected chi connectivity index (χ3v) is 2.66. The van der Waals surface area contributed by atoms with Gasteiger partial charge in [0.05, 0.1) is 0 Å². The fourth-order valence-electron chi connectivity index (χ4n) is 1.84. The fourth-order valence-corrected chi connectivity index (χ4v) is 1.84. The standard InChI is InChI=1S/C11H18N4/c1-2-7-15-11(13-9-14-15)8-10-3-5-12-6-4-10/h8-9,12H,2-7H2,1H3. The van der Waals surface area contributed by atoms with E-state index in [2.05, 4.69) is 28.4 Å². The van der Waals surface area contributed by atoms with Crippen molar-refractivity contribution in [3.8, 4) is 0 Å². The minimum absolute atomic E-state index is 0.956. The van der Waals surface area contributed by atoms with Crippen molar-refractivity contribution in [1.29, 1.82) is 0 Å². The first-order chi connectivity index (χ1) is 7.40. The van der Waals surface area contributed by atoms with Crippen LogP contribution >= 0.6 is 0 Å². The topological polar surface area (TPSA) is 42.7 Å². The van der Waals surface area contributed by atoms with Gasteiger partial charge in [0.25, 0.3) is 0 Å². The molecule has 0 saturated carbocycles. The molecule has 1 saturated heterocycles. The maximum atomic E-state index is 4.28. The number of piperidine rings is 1. The summed E-state index contributed by atoms with van der Waals surface area (Å²) in [5, 5.41) is 7.57. The molecule has 1 aromatic rings. The first-order valence-corrected chi connectivity index (χ1v) is 5.68. The Balaban J connectivity index is 2.10. The Bertz CT molecular complexity index is 332. The van der Waals surface area contributed by atoms with E-state index in [0.717, 1.165) is 44.7 Å². The molecule has 4 heteroatoms. The van der Waals surface area contributed by atoms with Crippen molar-refractivity contribution in [2.24, 2.45) is 0 Å². The Hall–Kier alpha value is -1.16. The SMILES string of the molecule is CCCn1ncnc1C=C1CCNCC1. The van der Waals surface area contributed by atoms with Crippen LogP contribution in [0.1, 0.15) is 32.0 Å². The van der Waals surface area contributed by atoms with Crippen molar-refractivity contribution < 1.29 is 0 Å². The molecule has 0 spiro atoms. The summed E-state index contributed by atoms with van der Waals surface area (Å²) < 4.78 is 1.98. The zero-order chi connectivity index (χ0) is 10.5. The predicted octanol–water partition coefficient (Wildman–Crippen LogP) is 1.45. The normalized spacial score (nSPS) is 16.7. The summed E-state index contributed by atoms with van der Waals surface area (Å²) in [5.41, 5.74) is 1.49. The molecule has 0 unspecified atom stereocenters. The molecular formula is C11H18N4. The fraction of sp³-hybridized carbons (Fsp3) is 0.636. The lowest BCUT2D eigenvalue weighted by Gasteiger charge is -2.14. The zero-order valence-corrected chi connectivity index (χ0v) is 9.24. The molecule has 0 radical (unpaired) electrons. The molecule has 2 rings (SSSR count). The molecule has 1 aliphatic heterocycles. The number of hydrogen-bond donors (Lipinski definition) is 1. The quantitative estimate of drug-likeness (QED) is 0.814. The predicted molar refractivity (Wildman–Crippen MR) is 60.4 cm³/mol. The largest absolute Gasteiger partial charge is 0.316 e. The maximum Gasteiger partial charge on any atom is 0.150 e. The molecule has 1 aromatic heterocycles. The van der Waals surface area contributed by atoms with E-state index >= 15 is 0 Å². The van der Waals surface area contributed by atoms with Crippen LogP contribution < -0.4 is 5.32 Å². The highest BCUT2D eigenvalue weighted by atomic mass is 15.3. The summed E-state index contributed by atoms with van der Waals surface area (Å²) in [7, 11) is 0. The second-order valence-corrected chi connectivity index (χ2v) is 3.89. The van der Waals surface area contributed by atoms with Gasteiger partial charge in [-0.15, -0.1) is 0 Å². The molecular weight excluding hydrogens is 188 g/mol. The van der Waals surface area contributed by atoms with Crippen LogP contribution in [0, 0.1) is 0 Å². The first-order valence-electron chi connectivity index (χ1n) is 5.68. The molecule has 2 heterocycles. The van der Waals surface area contributed by atoms with Crippen molar-refractivity contribution in [1.82, 2.24) is 20.1 Å². The average Bonchev–Trinajstić information content (AvgIpc) is 2.68. The van der Waals surface area contributed by atoms with Gasteiger partial charge < -0.3 is 5.32 Å². The van der Waals surface area contributed by atoms with E-state index in [-0.39, 0.29) is 0 Å². The minimum Gasteiger partial charge on any atom is -0.316 e. The van der Waals surface area contributed by atoms with Crippen LogP contribution in [0.3, 0.4) is 0 Å². The number of nitrogens with zero attached hydrogens (tertiary/aromatic N) is 3. The summed E-state index contributed by atoms with van der Waals surface area (Å²) in [6, 6.07) is 0. The highest BCUT2D eigenvalue weighted by Gasteiger charge is 2.06. The van der Waals surface area contributed by atoms with E-state index in [0.29, 0.717) is 0 Å². The molecule has 1 fully saturated rings. The Labute approximate surface area is 90.4 Å². The van der Waals surface area contributed by atoms with Gasteiger partial charge >= 0.3 is 0 Å². The molecule has 0 bridgehead atoms. The van der Waals surface area contributed by atoms with E-state index in [9.17, 15) is 0 Å². The van der Waals surface area contributed by atoms with Gasteiger partial charge in [-0.3, -0.25) is 0 Å². The summed E-state index contributed by atoms with van der Waals surface area (Å²) in [6.07, 6.45) is 7.21. The van der Waals surface area contributed by atoms with Crippen LogP contribution in [0.25, 0.3) is 6.08 Å². The number of hydrogen-bond acceptors (Lipinski definition) is 3. The maximum absolute atomic E-state index is 4.28. The van der Waals surface area contributed by atoms with Crippen molar-refractivity contribution in [2.45, 2.75) is 32.7 Å². The van der Waals surface area contributed by atoms with E-state index in [4.69, 9.17) is 0 Å². The number of rotatable bonds is 3. The van der Waals surface area contributed by atoms with Crippen LogP contribution in [-0.4, -0.2) is 27.9 Å². The van der Waals surface area contributed by atoms with E-state index in [1.54, 1.807) is 6.33 Å². The van der Waals surface area contributed by atoms with Gasteiger partial charge in [-0.25, -0.2) is 9.67 Å². The monoisotopic (exact) mass is 206 g/mol. The molecule has 15 heavy (non-hydrogen) atoms. The second kappa shape index (κ2) is 5.07. The van der Waals surface area contributed by atoms with Gasteiger partial charge in [-0.1, -0.05) is 12.5 Å². The average molecular weight is 206 g/mol. The van der Waals surface area contributed by atoms with Crippen molar-refractivity contribution >= 4 is 6.08 Å². The third kappa shape index (κ3) is 2.65. The van der Waals surface area contributed by atoms with Gasteiger partial charge in [-0.05, 0) is 38.4 Å². The highest BCUT2D eigenvalue weighted by Crippen LogP contribution is 2.13. The van der Waals surface area contributed by atoms with Crippen molar-refractivity contribution in [2.75, 3.05) is 13.1 Å². The smallest absolute Gasteiger partial charge is 0.150 e. The summed E-state index contributed by atoms with van der Waals surface area (Å²) >= 11 is 0. The Morgan fingerprint density at radius 3 is 3.00 bits per heavy atom. The molecule has 82 valence electrons. The van der Waals surface area contributed by atoms with E-state index < -0.39 is 0 Å². The third-order valence-electron chi connectivity index (χ3n) is 2.66. The first kappa shape index (κ1) is 10.4. The Kier molecular flexibility index (Phi) is 3.50. The van der Waals surface area contributed by atoms with Crippen LogP contribution in [0.4, 0.5) is 0 Å². The molecule has 1 N–H and O–H groups in total. The summed E-state index contributed by atoms with van der Waals surface area (Å²) in [4.78, 5) is 4.28. The lowest BCUT2D eigenvalue weighted by Crippen LogP contribution is -2.23.